The van der Waals surface area contributed by atoms with Gasteiger partial charge in [0.1, 0.15) is 6.54 Å². The van der Waals surface area contributed by atoms with Gasteiger partial charge in [-0.3, -0.25) is 9.79 Å². The number of nitrogens with one attached hydrogen (secondary N) is 1. The van der Waals surface area contributed by atoms with E-state index in [2.05, 4.69) is 42.2 Å². The Kier molecular flexibility index (Phi) is 3.72. The van der Waals surface area contributed by atoms with E-state index < -0.39 is 0 Å². The predicted molar refractivity (Wildman–Crippen MR) is 88.4 cm³/mol. The minimum absolute atomic E-state index is 0.0969. The van der Waals surface area contributed by atoms with E-state index in [1.807, 2.05) is 36.4 Å². The molecule has 1 aliphatic rings. The molecule has 2 aromatic carbocycles. The standard InChI is InChI=1S/C15H10Br2N2O/c16-11-4-2-1-3-9(11)15-10-7-18-8-14(20)19-13(10)6-5-12(15)17/h1-7H,8H2,(H,19,20). The van der Waals surface area contributed by atoms with E-state index in [0.717, 1.165) is 31.3 Å². The van der Waals surface area contributed by atoms with Gasteiger partial charge in [-0.1, -0.05) is 50.1 Å². The Morgan fingerprint density at radius 2 is 1.85 bits per heavy atom. The highest BCUT2D eigenvalue weighted by atomic mass is 79.9. The summed E-state index contributed by atoms with van der Waals surface area (Å²) in [6, 6.07) is 11.8. The Morgan fingerprint density at radius 3 is 2.65 bits per heavy atom. The topological polar surface area (TPSA) is 41.5 Å². The fraction of sp³-hybridized carbons (Fsp3) is 0.0667. The Morgan fingerprint density at radius 1 is 1.05 bits per heavy atom. The summed E-state index contributed by atoms with van der Waals surface area (Å²) in [5.41, 5.74) is 3.77. The van der Waals surface area contributed by atoms with Crippen molar-refractivity contribution in [1.29, 1.82) is 0 Å². The minimum Gasteiger partial charge on any atom is -0.324 e. The average Bonchev–Trinajstić information content (AvgIpc) is 2.61. The molecule has 0 fully saturated rings. The van der Waals surface area contributed by atoms with Gasteiger partial charge in [0.15, 0.2) is 0 Å². The third kappa shape index (κ3) is 2.43. The van der Waals surface area contributed by atoms with Gasteiger partial charge >= 0.3 is 0 Å². The maximum absolute atomic E-state index is 11.6. The number of hydrogen-bond acceptors (Lipinski definition) is 2. The van der Waals surface area contributed by atoms with Crippen LogP contribution in [0.25, 0.3) is 11.1 Å². The molecule has 0 saturated heterocycles. The summed E-state index contributed by atoms with van der Waals surface area (Å²) >= 11 is 7.17. The van der Waals surface area contributed by atoms with Gasteiger partial charge in [-0.05, 0) is 23.8 Å². The lowest BCUT2D eigenvalue weighted by Crippen LogP contribution is -2.13. The summed E-state index contributed by atoms with van der Waals surface area (Å²) in [6.07, 6.45) is 1.76. The zero-order valence-corrected chi connectivity index (χ0v) is 13.5. The number of rotatable bonds is 1. The number of carbonyl (C=O) groups excluding carboxylic acids is 1. The van der Waals surface area contributed by atoms with Gasteiger partial charge < -0.3 is 5.32 Å². The Labute approximate surface area is 133 Å². The second-order valence-electron chi connectivity index (χ2n) is 4.38. The quantitative estimate of drug-likeness (QED) is 0.772. The number of carbonyl (C=O) groups is 1. The highest BCUT2D eigenvalue weighted by Crippen LogP contribution is 2.38. The molecule has 5 heteroatoms. The summed E-state index contributed by atoms with van der Waals surface area (Å²) in [6.45, 7) is 0.154. The third-order valence-electron chi connectivity index (χ3n) is 3.07. The second kappa shape index (κ2) is 5.50. The molecule has 3 nitrogen and oxygen atoms in total. The minimum atomic E-state index is -0.0969. The maximum atomic E-state index is 11.6. The average molecular weight is 394 g/mol. The van der Waals surface area contributed by atoms with E-state index in [9.17, 15) is 4.79 Å². The first-order valence-corrected chi connectivity index (χ1v) is 7.62. The van der Waals surface area contributed by atoms with E-state index >= 15 is 0 Å². The van der Waals surface area contributed by atoms with Crippen LogP contribution in [0.3, 0.4) is 0 Å². The highest BCUT2D eigenvalue weighted by molar-refractivity contribution is 9.11. The molecule has 3 rings (SSSR count). The van der Waals surface area contributed by atoms with Crippen LogP contribution in [0.2, 0.25) is 0 Å². The summed E-state index contributed by atoms with van der Waals surface area (Å²) < 4.78 is 1.96. The molecule has 0 aromatic heterocycles. The van der Waals surface area contributed by atoms with Crippen LogP contribution in [0, 0.1) is 0 Å². The lowest BCUT2D eigenvalue weighted by atomic mass is 9.99. The zero-order valence-electron chi connectivity index (χ0n) is 10.4. The second-order valence-corrected chi connectivity index (χ2v) is 6.09. The van der Waals surface area contributed by atoms with Crippen LogP contribution in [0.5, 0.6) is 0 Å². The maximum Gasteiger partial charge on any atom is 0.246 e. The molecule has 0 radical (unpaired) electrons. The van der Waals surface area contributed by atoms with Crippen molar-refractivity contribution in [3.8, 4) is 11.1 Å². The van der Waals surface area contributed by atoms with Crippen molar-refractivity contribution < 1.29 is 4.79 Å². The largest absolute Gasteiger partial charge is 0.324 e. The molecule has 0 aliphatic carbocycles. The molecule has 1 aliphatic heterocycles. The van der Waals surface area contributed by atoms with Crippen LogP contribution < -0.4 is 5.32 Å². The summed E-state index contributed by atoms with van der Waals surface area (Å²) in [5, 5.41) is 2.88. The number of hydrogen-bond donors (Lipinski definition) is 1. The van der Waals surface area contributed by atoms with E-state index in [4.69, 9.17) is 0 Å². The van der Waals surface area contributed by atoms with Crippen molar-refractivity contribution in [2.45, 2.75) is 0 Å². The van der Waals surface area contributed by atoms with Crippen molar-refractivity contribution in [3.63, 3.8) is 0 Å². The Bertz CT molecular complexity index is 726. The first kappa shape index (κ1) is 13.5. The number of benzene rings is 2. The summed E-state index contributed by atoms with van der Waals surface area (Å²) in [7, 11) is 0. The van der Waals surface area contributed by atoms with Gasteiger partial charge in [-0.25, -0.2) is 0 Å². The van der Waals surface area contributed by atoms with Crippen molar-refractivity contribution >= 4 is 49.7 Å². The lowest BCUT2D eigenvalue weighted by Gasteiger charge is -2.14. The molecule has 0 bridgehead atoms. The van der Waals surface area contributed by atoms with Gasteiger partial charge in [-0.2, -0.15) is 0 Å². The van der Waals surface area contributed by atoms with Crippen molar-refractivity contribution in [3.05, 3.63) is 50.9 Å². The normalized spacial score (nSPS) is 13.6. The van der Waals surface area contributed by atoms with Crippen molar-refractivity contribution in [1.82, 2.24) is 0 Å². The molecule has 0 saturated carbocycles. The smallest absolute Gasteiger partial charge is 0.246 e. The first-order valence-electron chi connectivity index (χ1n) is 6.04. The van der Waals surface area contributed by atoms with Gasteiger partial charge in [0.05, 0.1) is 5.69 Å². The fourth-order valence-corrected chi connectivity index (χ4v) is 3.23. The van der Waals surface area contributed by atoms with Crippen LogP contribution >= 0.6 is 31.9 Å². The molecule has 1 N–H and O–H groups in total. The molecule has 1 amide bonds. The zero-order chi connectivity index (χ0) is 14.1. The molecule has 0 atom stereocenters. The highest BCUT2D eigenvalue weighted by Gasteiger charge is 2.17. The Hall–Kier alpha value is -1.46. The van der Waals surface area contributed by atoms with Gasteiger partial charge in [0.25, 0.3) is 0 Å². The van der Waals surface area contributed by atoms with E-state index in [1.54, 1.807) is 6.21 Å². The lowest BCUT2D eigenvalue weighted by molar-refractivity contribution is -0.114. The number of fused-ring (bicyclic) bond motifs is 1. The SMILES string of the molecule is O=C1CN=Cc2c(ccc(Br)c2-c2ccccc2Br)N1. The van der Waals surface area contributed by atoms with Crippen molar-refractivity contribution in [2.75, 3.05) is 11.9 Å². The molecule has 0 spiro atoms. The van der Waals surface area contributed by atoms with Crippen molar-refractivity contribution in [2.24, 2.45) is 4.99 Å². The van der Waals surface area contributed by atoms with Crippen LogP contribution in [-0.2, 0) is 4.79 Å². The number of benzodiazepines with no additional fused rings is 1. The van der Waals surface area contributed by atoms with E-state index in [-0.39, 0.29) is 12.5 Å². The number of aliphatic imine (C=N–C) groups is 1. The number of nitrogens with zero attached hydrogens (tertiary/aromatic N) is 1. The summed E-state index contributed by atoms with van der Waals surface area (Å²) in [4.78, 5) is 15.8. The Balaban J connectivity index is 2.29. The molecule has 2 aromatic rings. The molecule has 1 heterocycles. The molecule has 20 heavy (non-hydrogen) atoms. The molecule has 100 valence electrons. The predicted octanol–water partition coefficient (Wildman–Crippen LogP) is 4.25. The molecular formula is C15H10Br2N2O. The number of amides is 1. The number of anilines is 1. The molecular weight excluding hydrogens is 384 g/mol. The van der Waals surface area contributed by atoms with E-state index in [1.165, 1.54) is 0 Å². The fourth-order valence-electron chi connectivity index (χ4n) is 2.18. The van der Waals surface area contributed by atoms with Crippen LogP contribution in [-0.4, -0.2) is 18.7 Å². The van der Waals surface area contributed by atoms with Crippen LogP contribution in [0.4, 0.5) is 5.69 Å². The van der Waals surface area contributed by atoms with Gasteiger partial charge in [-0.15, -0.1) is 0 Å². The van der Waals surface area contributed by atoms with Crippen LogP contribution in [0.1, 0.15) is 5.56 Å². The molecule has 0 unspecified atom stereocenters. The van der Waals surface area contributed by atoms with Gasteiger partial charge in [0.2, 0.25) is 5.91 Å². The van der Waals surface area contributed by atoms with Gasteiger partial charge in [0, 0.05) is 26.3 Å². The first-order chi connectivity index (χ1) is 9.66. The van der Waals surface area contributed by atoms with E-state index in [0.29, 0.717) is 0 Å². The summed E-state index contributed by atoms with van der Waals surface area (Å²) in [5.74, 6) is -0.0969. The monoisotopic (exact) mass is 392 g/mol. The third-order valence-corrected chi connectivity index (χ3v) is 4.42. The number of halogens is 2. The van der Waals surface area contributed by atoms with Crippen LogP contribution in [0.15, 0.2) is 50.3 Å².